The molecule has 10 nitrogen and oxygen atoms in total. The molecule has 0 bridgehead atoms. The first kappa shape index (κ1) is 36.0. The van der Waals surface area contributed by atoms with E-state index >= 15 is 0 Å². The molecule has 15 heteroatoms. The van der Waals surface area contributed by atoms with Gasteiger partial charge in [0.25, 0.3) is 0 Å². The van der Waals surface area contributed by atoms with Crippen molar-refractivity contribution in [2.24, 2.45) is 28.9 Å². The zero-order valence-corrected chi connectivity index (χ0v) is 27.6. The molecule has 264 valence electrons. The van der Waals surface area contributed by atoms with Gasteiger partial charge in [-0.2, -0.15) is 13.2 Å². The summed E-state index contributed by atoms with van der Waals surface area (Å²) in [5.74, 6) is -4.10. The summed E-state index contributed by atoms with van der Waals surface area (Å²) in [7, 11) is -4.38. The molecule has 1 saturated heterocycles. The van der Waals surface area contributed by atoms with Gasteiger partial charge >= 0.3 is 12.1 Å². The summed E-state index contributed by atoms with van der Waals surface area (Å²) in [6, 6.07) is 1.81. The summed E-state index contributed by atoms with van der Waals surface area (Å²) in [5.41, 5.74) is 2.99. The topological polar surface area (TPSA) is 153 Å². The zero-order valence-electron chi connectivity index (χ0n) is 26.8. The van der Waals surface area contributed by atoms with Gasteiger partial charge in [0.05, 0.1) is 35.2 Å². The molecule has 4 aliphatic rings. The van der Waals surface area contributed by atoms with E-state index in [9.17, 15) is 45.2 Å². The summed E-state index contributed by atoms with van der Waals surface area (Å²) in [4.78, 5) is 55.7. The third-order valence-corrected chi connectivity index (χ3v) is 12.5. The molecular weight excluding hydrogens is 658 g/mol. The summed E-state index contributed by atoms with van der Waals surface area (Å²) >= 11 is 0. The molecule has 3 N–H and O–H groups in total. The number of carbonyl (C=O) groups is 4. The summed E-state index contributed by atoms with van der Waals surface area (Å²) in [6.07, 6.45) is -0.855. The molecule has 0 spiro atoms. The molecule has 3 fully saturated rings. The van der Waals surface area contributed by atoms with E-state index in [-0.39, 0.29) is 44.1 Å². The molecule has 48 heavy (non-hydrogen) atoms. The van der Waals surface area contributed by atoms with Crippen LogP contribution in [0.2, 0.25) is 0 Å². The number of hydrogen-bond donors (Lipinski definition) is 2. The van der Waals surface area contributed by atoms with Crippen molar-refractivity contribution in [3.8, 4) is 0 Å². The van der Waals surface area contributed by atoms with E-state index in [0.717, 1.165) is 24.6 Å². The standard InChI is InChI=1S/C33H41F4N3O7S/c1-19-7-3-4-8-21-15-32(21,30(44)39-48(45,46)31(18-34)11-12-31)16-26(41)25-14-22(17-40(25)28(42)27(38)20(2)13-19)47-29(43)23-9-5-6-10-24(23)33(35,36)37/h4-6,8-10,19-22,25,27H,3,7,11-18,38H2,1-2H3,(H,39,44)/b8-4-/t19?,20-,21-,22-,25+,27+,32-/m1/s1. The third kappa shape index (κ3) is 7.03. The number of fused-ring (bicyclic) bond motifs is 2. The predicted octanol–water partition coefficient (Wildman–Crippen LogP) is 4.08. The first-order valence-corrected chi connectivity index (χ1v) is 17.7. The quantitative estimate of drug-likeness (QED) is 0.256. The van der Waals surface area contributed by atoms with Crippen LogP contribution in [0.3, 0.4) is 0 Å². The lowest BCUT2D eigenvalue weighted by atomic mass is 9.88. The fourth-order valence-electron chi connectivity index (χ4n) is 7.03. The Balaban J connectivity index is 1.43. The highest BCUT2D eigenvalue weighted by atomic mass is 32.2. The zero-order chi connectivity index (χ0) is 35.2. The van der Waals surface area contributed by atoms with Crippen molar-refractivity contribution in [1.82, 2.24) is 9.62 Å². The van der Waals surface area contributed by atoms with Crippen molar-refractivity contribution in [2.75, 3.05) is 13.2 Å². The van der Waals surface area contributed by atoms with E-state index in [0.29, 0.717) is 12.8 Å². The number of carbonyl (C=O) groups excluding carboxylic acids is 4. The number of nitrogens with one attached hydrogen (secondary N) is 1. The van der Waals surface area contributed by atoms with Gasteiger partial charge in [-0.05, 0) is 68.4 Å². The van der Waals surface area contributed by atoms with Gasteiger partial charge in [0, 0.05) is 12.8 Å². The molecule has 1 unspecified atom stereocenters. The lowest BCUT2D eigenvalue weighted by molar-refractivity contribution is -0.140. The molecule has 2 aliphatic carbocycles. The average Bonchev–Trinajstić information content (AvgIpc) is 3.93. The number of rotatable bonds is 6. The van der Waals surface area contributed by atoms with E-state index in [1.165, 1.54) is 11.0 Å². The summed E-state index contributed by atoms with van der Waals surface area (Å²) in [6.45, 7) is 2.34. The minimum Gasteiger partial charge on any atom is -0.457 e. The Kier molecular flexibility index (Phi) is 9.88. The Bertz CT molecular complexity index is 1600. The normalized spacial score (nSPS) is 33.0. The third-order valence-electron chi connectivity index (χ3n) is 10.4. The van der Waals surface area contributed by atoms with Crippen LogP contribution in [-0.2, 0) is 35.3 Å². The molecule has 1 aromatic rings. The van der Waals surface area contributed by atoms with Gasteiger partial charge in [-0.1, -0.05) is 38.1 Å². The maximum Gasteiger partial charge on any atom is 0.417 e. The van der Waals surface area contributed by atoms with Crippen LogP contribution in [0.4, 0.5) is 17.6 Å². The van der Waals surface area contributed by atoms with E-state index in [2.05, 4.69) is 0 Å². The van der Waals surface area contributed by atoms with Crippen molar-refractivity contribution in [3.05, 3.63) is 47.5 Å². The van der Waals surface area contributed by atoms with E-state index in [1.54, 1.807) is 6.08 Å². The lowest BCUT2D eigenvalue weighted by Crippen LogP contribution is -2.52. The van der Waals surface area contributed by atoms with Gasteiger partial charge in [0.1, 0.15) is 17.5 Å². The van der Waals surface area contributed by atoms with Crippen LogP contribution in [0.25, 0.3) is 0 Å². The molecule has 7 atom stereocenters. The maximum atomic E-state index is 14.0. The Labute approximate surface area is 276 Å². The number of nitrogens with zero attached hydrogens (tertiary/aromatic N) is 1. The number of allylic oxidation sites excluding steroid dienone is 2. The van der Waals surface area contributed by atoms with Crippen LogP contribution in [0, 0.1) is 23.2 Å². The van der Waals surface area contributed by atoms with Gasteiger partial charge in [-0.3, -0.25) is 19.1 Å². The van der Waals surface area contributed by atoms with Crippen LogP contribution in [-0.4, -0.2) is 73.0 Å². The summed E-state index contributed by atoms with van der Waals surface area (Å²) < 4.78 is 86.2. The molecule has 0 radical (unpaired) electrons. The number of nitrogens with two attached hydrogens (primary N) is 1. The van der Waals surface area contributed by atoms with Gasteiger partial charge < -0.3 is 15.4 Å². The molecule has 2 saturated carbocycles. The van der Waals surface area contributed by atoms with Crippen molar-refractivity contribution in [1.29, 1.82) is 0 Å². The van der Waals surface area contributed by atoms with Gasteiger partial charge in [-0.15, -0.1) is 0 Å². The Morgan fingerprint density at radius 2 is 1.81 bits per heavy atom. The molecule has 5 rings (SSSR count). The van der Waals surface area contributed by atoms with Crippen LogP contribution < -0.4 is 10.5 Å². The van der Waals surface area contributed by atoms with Crippen molar-refractivity contribution >= 4 is 33.6 Å². The number of esters is 1. The first-order chi connectivity index (χ1) is 22.4. The highest BCUT2D eigenvalue weighted by Crippen LogP contribution is 2.57. The smallest absolute Gasteiger partial charge is 0.417 e. The second kappa shape index (κ2) is 13.2. The minimum atomic E-state index is -4.84. The monoisotopic (exact) mass is 699 g/mol. The molecule has 0 aromatic heterocycles. The van der Waals surface area contributed by atoms with Gasteiger partial charge in [-0.25, -0.2) is 17.6 Å². The lowest BCUT2D eigenvalue weighted by Gasteiger charge is -2.30. The second-order valence-corrected chi connectivity index (χ2v) is 16.1. The number of halogens is 4. The number of Topliss-reactive ketones (excluding diaryl/α,β-unsaturated/α-hetero) is 1. The summed E-state index contributed by atoms with van der Waals surface area (Å²) in [5, 5.41) is 0. The molecule has 2 heterocycles. The number of hydrogen-bond acceptors (Lipinski definition) is 8. The number of alkyl halides is 4. The molecule has 2 amide bonds. The highest BCUT2D eigenvalue weighted by molar-refractivity contribution is 7.91. The number of benzene rings is 1. The number of ether oxygens (including phenoxy) is 1. The van der Waals surface area contributed by atoms with Crippen molar-refractivity contribution < 1.29 is 49.9 Å². The Morgan fingerprint density at radius 1 is 1.12 bits per heavy atom. The first-order valence-electron chi connectivity index (χ1n) is 16.2. The molecule has 1 aromatic carbocycles. The van der Waals surface area contributed by atoms with Crippen LogP contribution >= 0.6 is 0 Å². The fourth-order valence-corrected chi connectivity index (χ4v) is 8.48. The predicted molar refractivity (Wildman–Crippen MR) is 165 cm³/mol. The number of amides is 2. The largest absolute Gasteiger partial charge is 0.457 e. The maximum absolute atomic E-state index is 14.0. The Morgan fingerprint density at radius 3 is 2.46 bits per heavy atom. The van der Waals surface area contributed by atoms with Crippen LogP contribution in [0.1, 0.15) is 81.1 Å². The van der Waals surface area contributed by atoms with Gasteiger partial charge in [0.2, 0.25) is 21.8 Å². The average molecular weight is 700 g/mol. The highest BCUT2D eigenvalue weighted by Gasteiger charge is 2.63. The second-order valence-electron chi connectivity index (χ2n) is 14.0. The number of ketones is 1. The van der Waals surface area contributed by atoms with E-state index in [4.69, 9.17) is 10.5 Å². The fraction of sp³-hybridized carbons (Fsp3) is 0.636. The van der Waals surface area contributed by atoms with E-state index in [1.807, 2.05) is 24.6 Å². The number of sulfonamides is 1. The van der Waals surface area contributed by atoms with Crippen molar-refractivity contribution in [2.45, 2.75) is 94.3 Å². The molecule has 2 aliphatic heterocycles. The Hall–Kier alpha value is -3.33. The minimum absolute atomic E-state index is 0.0605. The van der Waals surface area contributed by atoms with Gasteiger partial charge in [0.15, 0.2) is 5.78 Å². The SMILES string of the molecule is CC1CC/C=C\[C@@H]2C[C@@]2(C(=O)NS(=O)(=O)C2(CF)CC2)CC(=O)[C@@H]2C[C@@H](OC(=O)c3ccccc3C(F)(F)F)CN2C(=O)[C@@H](N)[C@H](C)C1. The van der Waals surface area contributed by atoms with Crippen LogP contribution in [0.5, 0.6) is 0 Å². The van der Waals surface area contributed by atoms with Crippen molar-refractivity contribution in [3.63, 3.8) is 0 Å². The van der Waals surface area contributed by atoms with E-state index < -0.39 is 98.3 Å². The molecular formula is C33H41F4N3O7S. The van der Waals surface area contributed by atoms with Crippen LogP contribution in [0.15, 0.2) is 36.4 Å².